The average molecular weight is 291 g/mol. The molecule has 1 fully saturated rings. The van der Waals surface area contributed by atoms with Crippen LogP contribution in [0.4, 0.5) is 13.2 Å². The van der Waals surface area contributed by atoms with Crippen molar-refractivity contribution >= 4 is 0 Å². The van der Waals surface area contributed by atoms with Crippen molar-refractivity contribution in [2.45, 2.75) is 12.7 Å². The van der Waals surface area contributed by atoms with Crippen LogP contribution < -0.4 is 5.32 Å². The van der Waals surface area contributed by atoms with Gasteiger partial charge in [-0.2, -0.15) is 13.2 Å². The van der Waals surface area contributed by atoms with E-state index in [4.69, 9.17) is 4.42 Å². The lowest BCUT2D eigenvalue weighted by Crippen LogP contribution is -2.50. The highest BCUT2D eigenvalue weighted by molar-refractivity contribution is 4.97. The minimum absolute atomic E-state index is 0.484. The molecule has 1 N–H and O–H groups in total. The summed E-state index contributed by atoms with van der Waals surface area (Å²) in [5.74, 6) is 0.889. The van der Waals surface area contributed by atoms with Gasteiger partial charge in [-0.1, -0.05) is 0 Å². The van der Waals surface area contributed by atoms with Crippen LogP contribution >= 0.6 is 0 Å². The zero-order valence-electron chi connectivity index (χ0n) is 11.3. The number of hydrogen-bond donors (Lipinski definition) is 1. The topological polar surface area (TPSA) is 31.6 Å². The first-order valence-corrected chi connectivity index (χ1v) is 6.77. The average Bonchev–Trinajstić information content (AvgIpc) is 2.88. The summed E-state index contributed by atoms with van der Waals surface area (Å²) in [5.41, 5.74) is 0. The first-order valence-electron chi connectivity index (χ1n) is 6.77. The van der Waals surface area contributed by atoms with Gasteiger partial charge in [0, 0.05) is 39.3 Å². The maximum Gasteiger partial charge on any atom is 0.401 e. The van der Waals surface area contributed by atoms with Crippen LogP contribution in [0.2, 0.25) is 0 Å². The Labute approximate surface area is 116 Å². The first kappa shape index (κ1) is 15.3. The second kappa shape index (κ2) is 7.10. The molecular formula is C13H20F3N3O. The van der Waals surface area contributed by atoms with E-state index in [9.17, 15) is 13.2 Å². The zero-order chi connectivity index (χ0) is 14.4. The molecule has 20 heavy (non-hydrogen) atoms. The third kappa shape index (κ3) is 5.52. The second-order valence-electron chi connectivity index (χ2n) is 4.99. The Kier molecular flexibility index (Phi) is 5.45. The number of halogens is 3. The fraction of sp³-hybridized carbons (Fsp3) is 0.692. The molecule has 0 atom stereocenters. The largest absolute Gasteiger partial charge is 0.468 e. The molecule has 0 bridgehead atoms. The monoisotopic (exact) mass is 291 g/mol. The first-order chi connectivity index (χ1) is 9.53. The Morgan fingerprint density at radius 1 is 1.15 bits per heavy atom. The van der Waals surface area contributed by atoms with Gasteiger partial charge >= 0.3 is 6.18 Å². The van der Waals surface area contributed by atoms with E-state index < -0.39 is 12.7 Å². The Hall–Kier alpha value is -1.05. The van der Waals surface area contributed by atoms with Crippen LogP contribution in [-0.4, -0.2) is 61.8 Å². The number of alkyl halides is 3. The molecule has 0 aromatic carbocycles. The molecule has 114 valence electrons. The summed E-state index contributed by atoms with van der Waals surface area (Å²) in [7, 11) is 0. The SMILES string of the molecule is FC(F)(F)CN1CCN(CCNCc2ccco2)CC1. The number of hydrogen-bond acceptors (Lipinski definition) is 4. The molecule has 0 amide bonds. The van der Waals surface area contributed by atoms with Crippen LogP contribution in [0.25, 0.3) is 0 Å². The molecule has 1 saturated heterocycles. The molecule has 1 aromatic heterocycles. The fourth-order valence-electron chi connectivity index (χ4n) is 2.29. The highest BCUT2D eigenvalue weighted by atomic mass is 19.4. The van der Waals surface area contributed by atoms with E-state index in [1.807, 2.05) is 12.1 Å². The highest BCUT2D eigenvalue weighted by Crippen LogP contribution is 2.17. The van der Waals surface area contributed by atoms with E-state index >= 15 is 0 Å². The van der Waals surface area contributed by atoms with Gasteiger partial charge in [0.15, 0.2) is 0 Å². The van der Waals surface area contributed by atoms with Crippen molar-refractivity contribution in [3.05, 3.63) is 24.2 Å². The summed E-state index contributed by atoms with van der Waals surface area (Å²) in [6.45, 7) is 3.89. The molecule has 0 saturated carbocycles. The number of nitrogens with one attached hydrogen (secondary N) is 1. The maximum atomic E-state index is 12.2. The van der Waals surface area contributed by atoms with Crippen molar-refractivity contribution in [2.75, 3.05) is 45.8 Å². The molecule has 0 spiro atoms. The van der Waals surface area contributed by atoms with Crippen LogP contribution in [0.3, 0.4) is 0 Å². The van der Waals surface area contributed by atoms with Crippen molar-refractivity contribution in [3.63, 3.8) is 0 Å². The van der Waals surface area contributed by atoms with Crippen LogP contribution in [0.1, 0.15) is 5.76 Å². The molecular weight excluding hydrogens is 271 g/mol. The zero-order valence-corrected chi connectivity index (χ0v) is 11.3. The van der Waals surface area contributed by atoms with Crippen LogP contribution in [0.15, 0.2) is 22.8 Å². The minimum atomic E-state index is -4.09. The fourth-order valence-corrected chi connectivity index (χ4v) is 2.29. The Morgan fingerprint density at radius 2 is 1.85 bits per heavy atom. The summed E-state index contributed by atoms with van der Waals surface area (Å²) >= 11 is 0. The molecule has 0 radical (unpaired) electrons. The maximum absolute atomic E-state index is 12.2. The quantitative estimate of drug-likeness (QED) is 0.806. The van der Waals surface area contributed by atoms with E-state index in [0.717, 1.165) is 18.8 Å². The van der Waals surface area contributed by atoms with Crippen LogP contribution in [-0.2, 0) is 6.54 Å². The van der Waals surface area contributed by atoms with Gasteiger partial charge in [0.05, 0.1) is 19.4 Å². The Bertz CT molecular complexity index is 373. The normalized spacial score (nSPS) is 18.6. The van der Waals surface area contributed by atoms with Crippen molar-refractivity contribution in [1.82, 2.24) is 15.1 Å². The van der Waals surface area contributed by atoms with Crippen molar-refractivity contribution in [1.29, 1.82) is 0 Å². The summed E-state index contributed by atoms with van der Waals surface area (Å²) in [6.07, 6.45) is -2.45. The summed E-state index contributed by atoms with van der Waals surface area (Å²) in [5, 5.41) is 3.26. The molecule has 4 nitrogen and oxygen atoms in total. The van der Waals surface area contributed by atoms with Crippen molar-refractivity contribution in [2.24, 2.45) is 0 Å². The lowest BCUT2D eigenvalue weighted by Gasteiger charge is -2.34. The molecule has 1 aromatic rings. The predicted molar refractivity (Wildman–Crippen MR) is 69.3 cm³/mol. The molecule has 2 heterocycles. The third-order valence-electron chi connectivity index (χ3n) is 3.35. The second-order valence-corrected chi connectivity index (χ2v) is 4.99. The number of rotatable bonds is 6. The van der Waals surface area contributed by atoms with E-state index in [-0.39, 0.29) is 0 Å². The van der Waals surface area contributed by atoms with Crippen LogP contribution in [0, 0.1) is 0 Å². The molecule has 7 heteroatoms. The van der Waals surface area contributed by atoms with Gasteiger partial charge in [-0.25, -0.2) is 0 Å². The van der Waals surface area contributed by atoms with Gasteiger partial charge in [-0.05, 0) is 12.1 Å². The summed E-state index contributed by atoms with van der Waals surface area (Å²) in [4.78, 5) is 3.65. The van der Waals surface area contributed by atoms with Crippen LogP contribution in [0.5, 0.6) is 0 Å². The van der Waals surface area contributed by atoms with E-state index in [1.165, 1.54) is 4.90 Å². The smallest absolute Gasteiger partial charge is 0.401 e. The molecule has 1 aliphatic rings. The lowest BCUT2D eigenvalue weighted by molar-refractivity contribution is -0.149. The minimum Gasteiger partial charge on any atom is -0.468 e. The van der Waals surface area contributed by atoms with Crippen molar-refractivity contribution < 1.29 is 17.6 Å². The molecule has 2 rings (SSSR count). The summed E-state index contributed by atoms with van der Waals surface area (Å²) in [6, 6.07) is 3.75. The van der Waals surface area contributed by atoms with Gasteiger partial charge < -0.3 is 9.73 Å². The number of nitrogens with zero attached hydrogens (tertiary/aromatic N) is 2. The molecule has 0 unspecified atom stereocenters. The predicted octanol–water partition coefficient (Wildman–Crippen LogP) is 1.55. The van der Waals surface area contributed by atoms with E-state index in [0.29, 0.717) is 32.7 Å². The van der Waals surface area contributed by atoms with Gasteiger partial charge in [0.1, 0.15) is 5.76 Å². The summed E-state index contributed by atoms with van der Waals surface area (Å²) < 4.78 is 41.9. The number of piperazine rings is 1. The third-order valence-corrected chi connectivity index (χ3v) is 3.35. The van der Waals surface area contributed by atoms with Gasteiger partial charge in [0.2, 0.25) is 0 Å². The van der Waals surface area contributed by atoms with E-state index in [2.05, 4.69) is 10.2 Å². The molecule has 0 aliphatic carbocycles. The van der Waals surface area contributed by atoms with E-state index in [1.54, 1.807) is 6.26 Å². The van der Waals surface area contributed by atoms with Gasteiger partial charge in [0.25, 0.3) is 0 Å². The standard InChI is InChI=1S/C13H20F3N3O/c14-13(15,16)11-19-7-5-18(6-8-19)4-3-17-10-12-2-1-9-20-12/h1-2,9,17H,3-8,10-11H2. The lowest BCUT2D eigenvalue weighted by atomic mass is 10.3. The Balaban J connectivity index is 1.55. The van der Waals surface area contributed by atoms with Gasteiger partial charge in [-0.3, -0.25) is 9.80 Å². The van der Waals surface area contributed by atoms with Crippen molar-refractivity contribution in [3.8, 4) is 0 Å². The molecule has 1 aliphatic heterocycles. The number of furan rings is 1. The van der Waals surface area contributed by atoms with Gasteiger partial charge in [-0.15, -0.1) is 0 Å². The highest BCUT2D eigenvalue weighted by Gasteiger charge is 2.31. The Morgan fingerprint density at radius 3 is 2.45 bits per heavy atom.